The van der Waals surface area contributed by atoms with Gasteiger partial charge in [0, 0.05) is 12.1 Å². The van der Waals surface area contributed by atoms with Crippen LogP contribution in [0, 0.1) is 0 Å². The molecule has 6 heteroatoms. The van der Waals surface area contributed by atoms with Gasteiger partial charge in [-0.2, -0.15) is 0 Å². The molecule has 2 aromatic rings. The maximum Gasteiger partial charge on any atom is 0.295 e. The number of Topliss-reactive ketones (excluding diaryl/α,β-unsaturated/α-hetero) is 1. The van der Waals surface area contributed by atoms with E-state index in [2.05, 4.69) is 0 Å². The van der Waals surface area contributed by atoms with Crippen molar-refractivity contribution in [2.24, 2.45) is 0 Å². The molecule has 1 fully saturated rings. The Morgan fingerprint density at radius 1 is 1.15 bits per heavy atom. The number of aliphatic hydroxyl groups is 2. The van der Waals surface area contributed by atoms with Crippen molar-refractivity contribution in [3.05, 3.63) is 71.3 Å². The van der Waals surface area contributed by atoms with E-state index in [0.29, 0.717) is 16.9 Å². The minimum atomic E-state index is -0.826. The van der Waals surface area contributed by atoms with Gasteiger partial charge in [-0.25, -0.2) is 0 Å². The molecule has 0 aromatic heterocycles. The maximum absolute atomic E-state index is 12.7. The van der Waals surface area contributed by atoms with Gasteiger partial charge in [0.15, 0.2) is 0 Å². The Labute approximate surface area is 157 Å². The summed E-state index contributed by atoms with van der Waals surface area (Å²) in [6.07, 6.45) is -0.826. The zero-order valence-electron chi connectivity index (χ0n) is 15.1. The highest BCUT2D eigenvalue weighted by Crippen LogP contribution is 2.40. The van der Waals surface area contributed by atoms with Crippen molar-refractivity contribution in [1.29, 1.82) is 0 Å². The number of ketones is 1. The molecule has 1 amide bonds. The van der Waals surface area contributed by atoms with Gasteiger partial charge in [0.25, 0.3) is 11.7 Å². The lowest BCUT2D eigenvalue weighted by molar-refractivity contribution is -0.140. The first kappa shape index (κ1) is 18.7. The highest BCUT2D eigenvalue weighted by molar-refractivity contribution is 6.46. The molecule has 0 saturated carbocycles. The summed E-state index contributed by atoms with van der Waals surface area (Å²) < 4.78 is 5.25. The Bertz CT molecular complexity index is 888. The molecule has 27 heavy (non-hydrogen) atoms. The van der Waals surface area contributed by atoms with Crippen LogP contribution in [0.1, 0.15) is 24.1 Å². The van der Waals surface area contributed by atoms with Gasteiger partial charge in [0.1, 0.15) is 11.5 Å². The molecule has 2 N–H and O–H groups in total. The average Bonchev–Trinajstić information content (AvgIpc) is 2.92. The Morgan fingerprint density at radius 2 is 1.85 bits per heavy atom. The standard InChI is InChI=1S/C21H21NO5/c1-13(23)12-22-18(15-9-6-10-16(11-15)27-2)17(20(25)21(22)26)19(24)14-7-4-3-5-8-14/h3-11,13,18,23-24H,12H2,1-2H3/t13-,18+/m0/s1. The topological polar surface area (TPSA) is 87.1 Å². The Morgan fingerprint density at radius 3 is 2.48 bits per heavy atom. The largest absolute Gasteiger partial charge is 0.507 e. The Balaban J connectivity index is 2.19. The lowest BCUT2D eigenvalue weighted by atomic mass is 9.95. The highest BCUT2D eigenvalue weighted by Gasteiger charge is 2.46. The normalized spacial score (nSPS) is 20.0. The molecule has 3 rings (SSSR count). The van der Waals surface area contributed by atoms with E-state index in [1.54, 1.807) is 61.5 Å². The van der Waals surface area contributed by atoms with Gasteiger partial charge in [-0.15, -0.1) is 0 Å². The summed E-state index contributed by atoms with van der Waals surface area (Å²) in [5, 5.41) is 20.6. The van der Waals surface area contributed by atoms with Crippen molar-refractivity contribution in [3.8, 4) is 5.75 Å². The number of methoxy groups -OCH3 is 1. The minimum Gasteiger partial charge on any atom is -0.507 e. The first-order valence-electron chi connectivity index (χ1n) is 8.60. The van der Waals surface area contributed by atoms with E-state index in [1.807, 2.05) is 0 Å². The summed E-state index contributed by atoms with van der Waals surface area (Å²) in [6, 6.07) is 14.8. The van der Waals surface area contributed by atoms with Crippen molar-refractivity contribution in [2.45, 2.75) is 19.1 Å². The summed E-state index contributed by atoms with van der Waals surface area (Å²) in [7, 11) is 1.52. The van der Waals surface area contributed by atoms with Crippen molar-refractivity contribution >= 4 is 17.4 Å². The molecule has 6 nitrogen and oxygen atoms in total. The summed E-state index contributed by atoms with van der Waals surface area (Å²) in [4.78, 5) is 26.6. The summed E-state index contributed by atoms with van der Waals surface area (Å²) in [5.74, 6) is -1.20. The maximum atomic E-state index is 12.7. The summed E-state index contributed by atoms with van der Waals surface area (Å²) in [5.41, 5.74) is 1.06. The molecule has 1 heterocycles. The quantitative estimate of drug-likeness (QED) is 0.482. The molecule has 0 spiro atoms. The molecule has 0 bridgehead atoms. The van der Waals surface area contributed by atoms with Crippen LogP contribution in [0.2, 0.25) is 0 Å². The molecule has 140 valence electrons. The lowest BCUT2D eigenvalue weighted by Gasteiger charge is -2.26. The Kier molecular flexibility index (Phi) is 5.28. The van der Waals surface area contributed by atoms with E-state index in [-0.39, 0.29) is 17.9 Å². The number of likely N-dealkylation sites (tertiary alicyclic amines) is 1. The zero-order chi connectivity index (χ0) is 19.6. The van der Waals surface area contributed by atoms with Crippen LogP contribution in [0.3, 0.4) is 0 Å². The van der Waals surface area contributed by atoms with Gasteiger partial charge in [-0.1, -0.05) is 42.5 Å². The molecular formula is C21H21NO5. The fourth-order valence-corrected chi connectivity index (χ4v) is 3.26. The van der Waals surface area contributed by atoms with Crippen molar-refractivity contribution in [1.82, 2.24) is 4.90 Å². The monoisotopic (exact) mass is 367 g/mol. The van der Waals surface area contributed by atoms with Crippen LogP contribution in [0.4, 0.5) is 0 Å². The number of hydrogen-bond acceptors (Lipinski definition) is 5. The van der Waals surface area contributed by atoms with Crippen LogP contribution in [0.5, 0.6) is 5.75 Å². The van der Waals surface area contributed by atoms with Gasteiger partial charge < -0.3 is 19.8 Å². The van der Waals surface area contributed by atoms with Crippen LogP contribution in [-0.4, -0.2) is 46.6 Å². The van der Waals surface area contributed by atoms with Crippen molar-refractivity contribution in [3.63, 3.8) is 0 Å². The first-order valence-corrected chi connectivity index (χ1v) is 8.60. The van der Waals surface area contributed by atoms with Crippen molar-refractivity contribution in [2.75, 3.05) is 13.7 Å². The lowest BCUT2D eigenvalue weighted by Crippen LogP contribution is -2.35. The van der Waals surface area contributed by atoms with Crippen LogP contribution < -0.4 is 4.74 Å². The predicted molar refractivity (Wildman–Crippen MR) is 100 cm³/mol. The predicted octanol–water partition coefficient (Wildman–Crippen LogP) is 2.50. The van der Waals surface area contributed by atoms with E-state index in [4.69, 9.17) is 4.74 Å². The third-order valence-electron chi connectivity index (χ3n) is 4.46. The molecular weight excluding hydrogens is 346 g/mol. The number of carbonyl (C=O) groups excluding carboxylic acids is 2. The molecule has 1 saturated heterocycles. The SMILES string of the molecule is COc1cccc([C@@H]2C(=C(O)c3ccccc3)C(=O)C(=O)N2C[C@H](C)O)c1. The van der Waals surface area contributed by atoms with E-state index < -0.39 is 23.8 Å². The Hall–Kier alpha value is -3.12. The van der Waals surface area contributed by atoms with Crippen LogP contribution in [-0.2, 0) is 9.59 Å². The highest BCUT2D eigenvalue weighted by atomic mass is 16.5. The van der Waals surface area contributed by atoms with E-state index >= 15 is 0 Å². The van der Waals surface area contributed by atoms with Gasteiger partial charge in [0.05, 0.1) is 24.8 Å². The van der Waals surface area contributed by atoms with Crippen LogP contribution in [0.15, 0.2) is 60.2 Å². The first-order chi connectivity index (χ1) is 12.9. The number of ether oxygens (including phenoxy) is 1. The van der Waals surface area contributed by atoms with Crippen molar-refractivity contribution < 1.29 is 24.5 Å². The van der Waals surface area contributed by atoms with Gasteiger partial charge in [-0.3, -0.25) is 9.59 Å². The molecule has 2 atom stereocenters. The molecule has 2 aromatic carbocycles. The zero-order valence-corrected chi connectivity index (χ0v) is 15.1. The number of aliphatic hydroxyl groups excluding tert-OH is 2. The second kappa shape index (κ2) is 7.63. The number of β-amino-alcohol motifs (C(OH)–C–C–N with tert-alkyl or cyclic N) is 1. The number of carbonyl (C=O) groups is 2. The summed E-state index contributed by atoms with van der Waals surface area (Å²) >= 11 is 0. The van der Waals surface area contributed by atoms with E-state index in [1.165, 1.54) is 12.0 Å². The van der Waals surface area contributed by atoms with Crippen LogP contribution >= 0.6 is 0 Å². The van der Waals surface area contributed by atoms with Gasteiger partial charge in [-0.05, 0) is 24.6 Å². The minimum absolute atomic E-state index is 0.0000954. The molecule has 0 aliphatic carbocycles. The number of nitrogens with zero attached hydrogens (tertiary/aromatic N) is 1. The second-order valence-corrected chi connectivity index (χ2v) is 6.44. The number of rotatable bonds is 5. The fraction of sp³-hybridized carbons (Fsp3) is 0.238. The number of amides is 1. The smallest absolute Gasteiger partial charge is 0.295 e. The summed E-state index contributed by atoms with van der Waals surface area (Å²) in [6.45, 7) is 1.51. The molecule has 0 radical (unpaired) electrons. The van der Waals surface area contributed by atoms with Gasteiger partial charge in [0.2, 0.25) is 0 Å². The molecule has 0 unspecified atom stereocenters. The van der Waals surface area contributed by atoms with Crippen LogP contribution in [0.25, 0.3) is 5.76 Å². The number of benzene rings is 2. The fourth-order valence-electron chi connectivity index (χ4n) is 3.26. The molecule has 1 aliphatic rings. The van der Waals surface area contributed by atoms with E-state index in [9.17, 15) is 19.8 Å². The third kappa shape index (κ3) is 3.57. The number of hydrogen-bond donors (Lipinski definition) is 2. The average molecular weight is 367 g/mol. The van der Waals surface area contributed by atoms with E-state index in [0.717, 1.165) is 0 Å². The van der Waals surface area contributed by atoms with Gasteiger partial charge >= 0.3 is 0 Å². The third-order valence-corrected chi connectivity index (χ3v) is 4.46. The second-order valence-electron chi connectivity index (χ2n) is 6.44. The molecule has 1 aliphatic heterocycles.